The molecular formula is C16H27N. The lowest BCUT2D eigenvalue weighted by Crippen LogP contribution is -2.31. The predicted molar refractivity (Wildman–Crippen MR) is 76.3 cm³/mol. The fraction of sp³-hybridized carbons (Fsp3) is 0.625. The molecular weight excluding hydrogens is 206 g/mol. The highest BCUT2D eigenvalue weighted by molar-refractivity contribution is 5.24. The second-order valence-electron chi connectivity index (χ2n) is 5.05. The summed E-state index contributed by atoms with van der Waals surface area (Å²) in [6.07, 6.45) is 5.13. The lowest BCUT2D eigenvalue weighted by atomic mass is 10.0. The molecule has 0 spiro atoms. The second kappa shape index (κ2) is 7.50. The molecule has 1 aromatic rings. The Morgan fingerprint density at radius 3 is 2.59 bits per heavy atom. The minimum atomic E-state index is 0.455. The Kier molecular flexibility index (Phi) is 6.28. The van der Waals surface area contributed by atoms with Crippen LogP contribution in [0.5, 0.6) is 0 Å². The first-order valence-corrected chi connectivity index (χ1v) is 7.00. The SMILES string of the molecule is CCCCC(CC)N[C@@H](C)c1cccc(C)c1. The normalized spacial score (nSPS) is 14.6. The third-order valence-electron chi connectivity index (χ3n) is 3.43. The Morgan fingerprint density at radius 1 is 1.24 bits per heavy atom. The third-order valence-corrected chi connectivity index (χ3v) is 3.43. The van der Waals surface area contributed by atoms with Crippen LogP contribution in [0.4, 0.5) is 0 Å². The highest BCUT2D eigenvalue weighted by Gasteiger charge is 2.11. The second-order valence-corrected chi connectivity index (χ2v) is 5.05. The first-order chi connectivity index (χ1) is 8.17. The van der Waals surface area contributed by atoms with E-state index in [4.69, 9.17) is 0 Å². The van der Waals surface area contributed by atoms with Gasteiger partial charge in [0.25, 0.3) is 0 Å². The molecule has 0 aliphatic rings. The van der Waals surface area contributed by atoms with Gasteiger partial charge < -0.3 is 5.32 Å². The summed E-state index contributed by atoms with van der Waals surface area (Å²) >= 11 is 0. The number of hydrogen-bond acceptors (Lipinski definition) is 1. The van der Waals surface area contributed by atoms with Gasteiger partial charge in [0.15, 0.2) is 0 Å². The zero-order valence-electron chi connectivity index (χ0n) is 11.8. The molecule has 0 bridgehead atoms. The molecule has 1 rings (SSSR count). The van der Waals surface area contributed by atoms with E-state index in [1.54, 1.807) is 0 Å². The van der Waals surface area contributed by atoms with Gasteiger partial charge in [0.2, 0.25) is 0 Å². The molecule has 1 N–H and O–H groups in total. The van der Waals surface area contributed by atoms with Crippen molar-refractivity contribution in [2.75, 3.05) is 0 Å². The number of aryl methyl sites for hydroxylation is 1. The minimum Gasteiger partial charge on any atom is -0.307 e. The number of rotatable bonds is 7. The number of benzene rings is 1. The first kappa shape index (κ1) is 14.2. The summed E-state index contributed by atoms with van der Waals surface area (Å²) in [4.78, 5) is 0. The van der Waals surface area contributed by atoms with Crippen LogP contribution in [-0.4, -0.2) is 6.04 Å². The van der Waals surface area contributed by atoms with Gasteiger partial charge in [0.05, 0.1) is 0 Å². The van der Waals surface area contributed by atoms with Crippen molar-refractivity contribution in [2.45, 2.75) is 65.5 Å². The van der Waals surface area contributed by atoms with E-state index in [1.807, 2.05) is 0 Å². The minimum absolute atomic E-state index is 0.455. The van der Waals surface area contributed by atoms with E-state index in [0.29, 0.717) is 12.1 Å². The average Bonchev–Trinajstić information content (AvgIpc) is 2.34. The monoisotopic (exact) mass is 233 g/mol. The van der Waals surface area contributed by atoms with Gasteiger partial charge in [-0.25, -0.2) is 0 Å². The Labute approximate surface area is 107 Å². The standard InChI is InChI=1S/C16H27N/c1-5-7-11-16(6-2)17-14(4)15-10-8-9-13(3)12-15/h8-10,12,14,16-17H,5-7,11H2,1-4H3/t14-,16?/m0/s1. The van der Waals surface area contributed by atoms with Crippen LogP contribution < -0.4 is 5.32 Å². The summed E-state index contributed by atoms with van der Waals surface area (Å²) in [5, 5.41) is 3.74. The summed E-state index contributed by atoms with van der Waals surface area (Å²) in [7, 11) is 0. The van der Waals surface area contributed by atoms with Crippen molar-refractivity contribution in [1.82, 2.24) is 5.32 Å². The van der Waals surface area contributed by atoms with E-state index in [-0.39, 0.29) is 0 Å². The van der Waals surface area contributed by atoms with Crippen molar-refractivity contribution in [3.8, 4) is 0 Å². The molecule has 96 valence electrons. The van der Waals surface area contributed by atoms with Gasteiger partial charge in [0.1, 0.15) is 0 Å². The summed E-state index contributed by atoms with van der Waals surface area (Å²) in [6, 6.07) is 9.92. The van der Waals surface area contributed by atoms with Crippen LogP contribution >= 0.6 is 0 Å². The smallest absolute Gasteiger partial charge is 0.0294 e. The molecule has 1 unspecified atom stereocenters. The van der Waals surface area contributed by atoms with E-state index < -0.39 is 0 Å². The van der Waals surface area contributed by atoms with Gasteiger partial charge in [-0.3, -0.25) is 0 Å². The van der Waals surface area contributed by atoms with Gasteiger partial charge >= 0.3 is 0 Å². The van der Waals surface area contributed by atoms with Gasteiger partial charge in [-0.2, -0.15) is 0 Å². The lowest BCUT2D eigenvalue weighted by Gasteiger charge is -2.22. The highest BCUT2D eigenvalue weighted by atomic mass is 14.9. The zero-order chi connectivity index (χ0) is 12.7. The molecule has 0 aromatic heterocycles. The molecule has 0 saturated heterocycles. The number of nitrogens with one attached hydrogen (secondary N) is 1. The summed E-state index contributed by atoms with van der Waals surface area (Å²) in [6.45, 7) is 8.96. The maximum atomic E-state index is 3.74. The highest BCUT2D eigenvalue weighted by Crippen LogP contribution is 2.16. The Bertz CT molecular complexity index is 319. The van der Waals surface area contributed by atoms with Crippen LogP contribution in [0.15, 0.2) is 24.3 Å². The van der Waals surface area contributed by atoms with Gasteiger partial charge in [-0.15, -0.1) is 0 Å². The zero-order valence-corrected chi connectivity index (χ0v) is 11.8. The fourth-order valence-electron chi connectivity index (χ4n) is 2.25. The van der Waals surface area contributed by atoms with Gasteiger partial charge in [-0.1, -0.05) is 56.5 Å². The Morgan fingerprint density at radius 2 is 2.00 bits per heavy atom. The van der Waals surface area contributed by atoms with E-state index in [1.165, 1.54) is 36.8 Å². The summed E-state index contributed by atoms with van der Waals surface area (Å²) in [5.74, 6) is 0. The fourth-order valence-corrected chi connectivity index (χ4v) is 2.25. The molecule has 0 aliphatic heterocycles. The van der Waals surface area contributed by atoms with Crippen molar-refractivity contribution in [1.29, 1.82) is 0 Å². The Hall–Kier alpha value is -0.820. The topological polar surface area (TPSA) is 12.0 Å². The molecule has 0 saturated carbocycles. The first-order valence-electron chi connectivity index (χ1n) is 7.00. The summed E-state index contributed by atoms with van der Waals surface area (Å²) < 4.78 is 0. The van der Waals surface area contributed by atoms with Crippen molar-refractivity contribution in [2.24, 2.45) is 0 Å². The molecule has 1 heteroatoms. The molecule has 0 aliphatic carbocycles. The van der Waals surface area contributed by atoms with E-state index in [0.717, 1.165) is 0 Å². The molecule has 1 nitrogen and oxygen atoms in total. The van der Waals surface area contributed by atoms with E-state index in [9.17, 15) is 0 Å². The largest absolute Gasteiger partial charge is 0.307 e. The van der Waals surface area contributed by atoms with Crippen LogP contribution in [0, 0.1) is 6.92 Å². The van der Waals surface area contributed by atoms with Crippen molar-refractivity contribution >= 4 is 0 Å². The molecule has 1 aromatic carbocycles. The maximum absolute atomic E-state index is 3.74. The molecule has 0 radical (unpaired) electrons. The number of hydrogen-bond donors (Lipinski definition) is 1. The predicted octanol–water partition coefficient (Wildman–Crippen LogP) is 4.61. The molecule has 0 heterocycles. The average molecular weight is 233 g/mol. The van der Waals surface area contributed by atoms with Crippen molar-refractivity contribution in [3.63, 3.8) is 0 Å². The Balaban J connectivity index is 2.54. The van der Waals surface area contributed by atoms with Crippen LogP contribution in [-0.2, 0) is 0 Å². The van der Waals surface area contributed by atoms with Crippen molar-refractivity contribution in [3.05, 3.63) is 35.4 Å². The van der Waals surface area contributed by atoms with Crippen LogP contribution in [0.1, 0.15) is 63.6 Å². The van der Waals surface area contributed by atoms with Gasteiger partial charge in [-0.05, 0) is 32.3 Å². The number of unbranched alkanes of at least 4 members (excludes halogenated alkanes) is 1. The van der Waals surface area contributed by atoms with Crippen LogP contribution in [0.2, 0.25) is 0 Å². The molecule has 0 fully saturated rings. The third kappa shape index (κ3) is 4.91. The quantitative estimate of drug-likeness (QED) is 0.725. The maximum Gasteiger partial charge on any atom is 0.0294 e. The van der Waals surface area contributed by atoms with Crippen molar-refractivity contribution < 1.29 is 0 Å². The summed E-state index contributed by atoms with van der Waals surface area (Å²) in [5.41, 5.74) is 2.75. The van der Waals surface area contributed by atoms with Gasteiger partial charge in [0, 0.05) is 12.1 Å². The molecule has 17 heavy (non-hydrogen) atoms. The molecule has 0 amide bonds. The van der Waals surface area contributed by atoms with E-state index >= 15 is 0 Å². The van der Waals surface area contributed by atoms with Crippen LogP contribution in [0.25, 0.3) is 0 Å². The molecule has 2 atom stereocenters. The van der Waals surface area contributed by atoms with Crippen LogP contribution in [0.3, 0.4) is 0 Å². The van der Waals surface area contributed by atoms with E-state index in [2.05, 4.69) is 57.3 Å². The lowest BCUT2D eigenvalue weighted by molar-refractivity contribution is 0.410.